The molecule has 2 heteroatoms. The first-order valence-corrected chi connectivity index (χ1v) is 2.63. The van der Waals surface area contributed by atoms with E-state index in [1.54, 1.807) is 8.20 Å². The Morgan fingerprint density at radius 3 is 1.80 bits per heavy atom. The maximum absolute atomic E-state index is 2.28. The molecule has 0 aliphatic carbocycles. The van der Waals surface area contributed by atoms with Gasteiger partial charge < -0.3 is 0 Å². The van der Waals surface area contributed by atoms with Gasteiger partial charge in [-0.25, -0.2) is 0 Å². The Kier molecular flexibility index (Phi) is 4.65. The van der Waals surface area contributed by atoms with Gasteiger partial charge in [0.15, 0.2) is 0 Å². The van der Waals surface area contributed by atoms with Crippen molar-refractivity contribution in [1.29, 1.82) is 0 Å². The molecule has 0 aromatic heterocycles. The van der Waals surface area contributed by atoms with Gasteiger partial charge in [-0.05, 0) is 12.6 Å². The van der Waals surface area contributed by atoms with Crippen molar-refractivity contribution in [1.82, 2.24) is 0 Å². The van der Waals surface area contributed by atoms with Crippen molar-refractivity contribution < 1.29 is 0 Å². The smallest absolute Gasteiger partial charge is 0 e. The molecule has 1 aliphatic rings. The predicted octanol–water partition coefficient (Wildman–Crippen LogP) is 0.758. The van der Waals surface area contributed by atoms with Gasteiger partial charge in [0.05, 0.1) is 0 Å². The van der Waals surface area contributed by atoms with Gasteiger partial charge in [-0.1, -0.05) is 5.80 Å². The fourth-order valence-electron chi connectivity index (χ4n) is 0.129. The average Bonchev–Trinajstić information content (AvgIpc) is 0.722. The molecule has 24 valence electrons. The Hall–Kier alpha value is 1.43. The van der Waals surface area contributed by atoms with Crippen molar-refractivity contribution in [2.45, 2.75) is 6.42 Å². The van der Waals surface area contributed by atoms with Crippen LogP contribution in [0.3, 0.4) is 0 Å². The summed E-state index contributed by atoms with van der Waals surface area (Å²) >= 11 is 0. The van der Waals surface area contributed by atoms with Crippen molar-refractivity contribution in [3.63, 3.8) is 0 Å². The van der Waals surface area contributed by atoms with Gasteiger partial charge in [0.1, 0.15) is 0 Å². The maximum Gasteiger partial charge on any atom is 0 e. The molecule has 0 aromatic carbocycles. The molecule has 2 radical (unpaired) electrons. The van der Waals surface area contributed by atoms with Crippen LogP contribution in [0.25, 0.3) is 0 Å². The van der Waals surface area contributed by atoms with Gasteiger partial charge in [0, 0.05) is 37.7 Å². The van der Waals surface area contributed by atoms with Crippen molar-refractivity contribution in [2.75, 3.05) is 6.16 Å². The Labute approximate surface area is 63.8 Å². The van der Waals surface area contributed by atoms with Gasteiger partial charge in [0.2, 0.25) is 0 Å². The minimum absolute atomic E-state index is 0. The Bertz CT molecular complexity index is 36.2. The van der Waals surface area contributed by atoms with Crippen LogP contribution in [-0.4, -0.2) is 49.7 Å². The first kappa shape index (κ1) is 6.43. The fraction of sp³-hybridized carbons (Fsp3) is 0.667. The zero-order valence-electron chi connectivity index (χ0n) is 3.15. The van der Waals surface area contributed by atoms with Crippen molar-refractivity contribution in [3.8, 4) is 0 Å². The topological polar surface area (TPSA) is 0 Å². The second-order valence-corrected chi connectivity index (χ2v) is 2.05. The quantitative estimate of drug-likeness (QED) is 0.320. The normalized spacial score (nSPS) is 19.2. The summed E-state index contributed by atoms with van der Waals surface area (Å²) in [5, 5.41) is 0. The largest absolute Gasteiger partial charge is 0.109 e. The van der Waals surface area contributed by atoms with E-state index in [4.69, 9.17) is 0 Å². The van der Waals surface area contributed by atoms with Crippen LogP contribution in [0.5, 0.6) is 0 Å². The third kappa shape index (κ3) is 2.17. The van der Waals surface area contributed by atoms with Gasteiger partial charge in [-0.2, -0.15) is 0 Å². The molecule has 0 fully saturated rings. The fourth-order valence-corrected chi connectivity index (χ4v) is 0.387. The SMILES string of the molecule is C1=PCC1.[Ca]. The molecule has 0 saturated carbocycles. The van der Waals surface area contributed by atoms with E-state index >= 15 is 0 Å². The van der Waals surface area contributed by atoms with Crippen LogP contribution in [0.15, 0.2) is 0 Å². The second-order valence-electron chi connectivity index (χ2n) is 0.877. The molecule has 0 saturated heterocycles. The van der Waals surface area contributed by atoms with Crippen molar-refractivity contribution in [3.05, 3.63) is 0 Å². The van der Waals surface area contributed by atoms with E-state index in [9.17, 15) is 0 Å². The van der Waals surface area contributed by atoms with Crippen LogP contribution in [0, 0.1) is 0 Å². The molecule has 0 atom stereocenters. The molecule has 1 rings (SSSR count). The Morgan fingerprint density at radius 2 is 1.80 bits per heavy atom. The summed E-state index contributed by atoms with van der Waals surface area (Å²) < 4.78 is 0. The molecular weight excluding hydrogens is 107 g/mol. The van der Waals surface area contributed by atoms with E-state index in [0.29, 0.717) is 0 Å². The first-order chi connectivity index (χ1) is 2.00. The third-order valence-electron chi connectivity index (χ3n) is 0.516. The maximum atomic E-state index is 2.28. The zero-order chi connectivity index (χ0) is 2.83. The number of hydrogen-bond acceptors (Lipinski definition) is 0. The number of hydrogen-bond donors (Lipinski definition) is 0. The molecule has 1 aliphatic heterocycles. The Morgan fingerprint density at radius 1 is 1.60 bits per heavy atom. The van der Waals surface area contributed by atoms with Crippen LogP contribution in [0.4, 0.5) is 0 Å². The Balaban J connectivity index is 0.000000160. The monoisotopic (exact) mass is 112 g/mol. The molecule has 0 aromatic rings. The van der Waals surface area contributed by atoms with E-state index in [1.165, 1.54) is 12.6 Å². The van der Waals surface area contributed by atoms with Crippen LogP contribution in [0.1, 0.15) is 6.42 Å². The molecule has 0 unspecified atom stereocenters. The number of rotatable bonds is 0. The molecular formula is C3H5CaP. The van der Waals surface area contributed by atoms with Crippen LogP contribution in [-0.2, 0) is 0 Å². The van der Waals surface area contributed by atoms with E-state index in [2.05, 4.69) is 5.80 Å². The van der Waals surface area contributed by atoms with E-state index < -0.39 is 0 Å². The van der Waals surface area contributed by atoms with Crippen molar-refractivity contribution >= 4 is 51.7 Å². The van der Waals surface area contributed by atoms with E-state index in [0.717, 1.165) is 0 Å². The summed E-state index contributed by atoms with van der Waals surface area (Å²) in [5.41, 5.74) is 0. The molecule has 1 heterocycles. The molecule has 0 amide bonds. The van der Waals surface area contributed by atoms with E-state index in [-0.39, 0.29) is 37.7 Å². The first-order valence-electron chi connectivity index (χ1n) is 1.48. The zero-order valence-corrected chi connectivity index (χ0v) is 6.25. The summed E-state index contributed by atoms with van der Waals surface area (Å²) in [4.78, 5) is 0. The van der Waals surface area contributed by atoms with Gasteiger partial charge >= 0.3 is 0 Å². The van der Waals surface area contributed by atoms with Crippen LogP contribution < -0.4 is 0 Å². The van der Waals surface area contributed by atoms with Crippen LogP contribution >= 0.6 is 8.20 Å². The third-order valence-corrected chi connectivity index (χ3v) is 1.55. The average molecular weight is 112 g/mol. The summed E-state index contributed by atoms with van der Waals surface area (Å²) in [5.74, 6) is 2.28. The van der Waals surface area contributed by atoms with E-state index in [1.807, 2.05) is 0 Å². The minimum atomic E-state index is 0. The molecule has 0 spiro atoms. The van der Waals surface area contributed by atoms with Gasteiger partial charge in [0.25, 0.3) is 0 Å². The van der Waals surface area contributed by atoms with Crippen LogP contribution in [0.2, 0.25) is 0 Å². The predicted molar refractivity (Wildman–Crippen MR) is 28.2 cm³/mol. The van der Waals surface area contributed by atoms with Gasteiger partial charge in [-0.15, -0.1) is 8.20 Å². The molecule has 5 heavy (non-hydrogen) atoms. The molecule has 0 bridgehead atoms. The van der Waals surface area contributed by atoms with Crippen molar-refractivity contribution in [2.24, 2.45) is 0 Å². The summed E-state index contributed by atoms with van der Waals surface area (Å²) in [6, 6.07) is 0. The summed E-state index contributed by atoms with van der Waals surface area (Å²) in [7, 11) is 1.55. The molecule has 0 N–H and O–H groups in total. The second kappa shape index (κ2) is 3.61. The standard InChI is InChI=1S/C3H5P.Ca/c1-2-4-3-1;/h2H,1,3H2;. The van der Waals surface area contributed by atoms with Gasteiger partial charge in [-0.3, -0.25) is 0 Å². The summed E-state index contributed by atoms with van der Waals surface area (Å²) in [6.07, 6.45) is 2.78. The summed E-state index contributed by atoms with van der Waals surface area (Å²) in [6.45, 7) is 0. The minimum Gasteiger partial charge on any atom is -0.109 e. The molecule has 0 nitrogen and oxygen atoms in total.